The third kappa shape index (κ3) is 4.11. The first-order chi connectivity index (χ1) is 22.4. The van der Waals surface area contributed by atoms with Gasteiger partial charge in [0.15, 0.2) is 0 Å². The van der Waals surface area contributed by atoms with Gasteiger partial charge in [0, 0.05) is 0 Å². The summed E-state index contributed by atoms with van der Waals surface area (Å²) in [5.74, 6) is 0. The van der Waals surface area contributed by atoms with E-state index in [0.717, 1.165) is 0 Å². The van der Waals surface area contributed by atoms with Crippen LogP contribution in [-0.4, -0.2) is 0 Å². The second-order valence-corrected chi connectivity index (χ2v) is 13.8. The molecule has 1 heteroatoms. The first-order valence-electron chi connectivity index (χ1n) is 15.5. The molecule has 0 fully saturated rings. The molecule has 45 heavy (non-hydrogen) atoms. The molecule has 0 heterocycles. The monoisotopic (exact) mass is 588 g/mol. The highest BCUT2D eigenvalue weighted by Crippen LogP contribution is 2.58. The maximum absolute atomic E-state index is 2.37. The molecular weight excluding hydrogens is 559 g/mol. The van der Waals surface area contributed by atoms with Gasteiger partial charge in [-0.1, -0.05) is 176 Å². The summed E-state index contributed by atoms with van der Waals surface area (Å²) in [6, 6.07) is 65.0. The van der Waals surface area contributed by atoms with Crippen LogP contribution in [-0.2, 0) is 0 Å². The number of hydrogen-bond acceptors (Lipinski definition) is 0. The molecular formula is C44H29P. The maximum Gasteiger partial charge on any atom is -0.000718 e. The molecule has 9 rings (SSSR count). The zero-order chi connectivity index (χ0) is 29.7. The number of rotatable bonds is 5. The second-order valence-electron chi connectivity index (χ2n) is 11.6. The van der Waals surface area contributed by atoms with E-state index < -0.39 is 7.92 Å². The van der Waals surface area contributed by atoms with Crippen molar-refractivity contribution in [3.63, 3.8) is 0 Å². The third-order valence-electron chi connectivity index (χ3n) is 9.16. The van der Waals surface area contributed by atoms with Crippen molar-refractivity contribution in [1.29, 1.82) is 0 Å². The molecule has 8 aromatic rings. The van der Waals surface area contributed by atoms with Crippen molar-refractivity contribution < 1.29 is 0 Å². The highest BCUT2D eigenvalue weighted by molar-refractivity contribution is 7.80. The lowest BCUT2D eigenvalue weighted by Gasteiger charge is -2.25. The molecule has 0 aromatic heterocycles. The Bertz CT molecular complexity index is 2310. The normalized spacial score (nSPS) is 11.8. The van der Waals surface area contributed by atoms with Gasteiger partial charge < -0.3 is 0 Å². The molecule has 0 nitrogen and oxygen atoms in total. The lowest BCUT2D eigenvalue weighted by atomic mass is 9.82. The van der Waals surface area contributed by atoms with E-state index >= 15 is 0 Å². The van der Waals surface area contributed by atoms with E-state index in [0.29, 0.717) is 0 Å². The first kappa shape index (κ1) is 26.1. The molecule has 0 saturated heterocycles. The maximum atomic E-state index is 2.37. The molecule has 1 aliphatic carbocycles. The summed E-state index contributed by atoms with van der Waals surface area (Å²) in [6.45, 7) is 0. The molecule has 210 valence electrons. The smallest absolute Gasteiger partial charge is 0.000718 e. The van der Waals surface area contributed by atoms with Crippen LogP contribution >= 0.6 is 7.92 Å². The van der Waals surface area contributed by atoms with E-state index in [-0.39, 0.29) is 0 Å². The van der Waals surface area contributed by atoms with E-state index in [4.69, 9.17) is 0 Å². The minimum atomic E-state index is -0.807. The fraction of sp³-hybridized carbons (Fsp3) is 0. The Balaban J connectivity index is 1.45. The van der Waals surface area contributed by atoms with Crippen LogP contribution in [0.5, 0.6) is 0 Å². The van der Waals surface area contributed by atoms with Gasteiger partial charge in [0.2, 0.25) is 0 Å². The molecule has 0 saturated carbocycles. The summed E-state index contributed by atoms with van der Waals surface area (Å²) in [7, 11) is -0.807. The fourth-order valence-corrected chi connectivity index (χ4v) is 9.84. The molecule has 8 aromatic carbocycles. The van der Waals surface area contributed by atoms with E-state index in [1.165, 1.54) is 82.0 Å². The van der Waals surface area contributed by atoms with Crippen molar-refractivity contribution in [3.8, 4) is 44.5 Å². The second kappa shape index (κ2) is 10.7. The van der Waals surface area contributed by atoms with Gasteiger partial charge in [-0.3, -0.25) is 0 Å². The van der Waals surface area contributed by atoms with Crippen molar-refractivity contribution in [3.05, 3.63) is 176 Å². The molecule has 0 spiro atoms. The SMILES string of the molecule is c1ccc(-c2c3c(c(-c4ccccc4P(c4ccccc4)c4ccccc4)c4ccccc24)-c2cccc4cccc-3c24)cc1. The van der Waals surface area contributed by atoms with Crippen molar-refractivity contribution >= 4 is 45.4 Å². The molecule has 1 aliphatic rings. The Morgan fingerprint density at radius 3 is 1.40 bits per heavy atom. The number of hydrogen-bond donors (Lipinski definition) is 0. The highest BCUT2D eigenvalue weighted by atomic mass is 31.1. The standard InChI is InChI=1S/C44H29P/c1-4-16-31(17-5-1)41-34-24-10-11-25-35(34)42(44-38-28-15-19-30-18-14-27-37(40(30)38)43(41)44)36-26-12-13-29-39(36)45(32-20-6-2-7-21-32)33-22-8-3-9-23-33/h1-29H. The summed E-state index contributed by atoms with van der Waals surface area (Å²) in [5.41, 5.74) is 10.6. The van der Waals surface area contributed by atoms with Gasteiger partial charge in [0.1, 0.15) is 0 Å². The first-order valence-corrected chi connectivity index (χ1v) is 16.9. The quantitative estimate of drug-likeness (QED) is 0.176. The van der Waals surface area contributed by atoms with Crippen LogP contribution in [0, 0.1) is 0 Å². The average Bonchev–Trinajstić information content (AvgIpc) is 3.44. The fourth-order valence-electron chi connectivity index (χ4n) is 7.38. The third-order valence-corrected chi connectivity index (χ3v) is 11.7. The van der Waals surface area contributed by atoms with Crippen LogP contribution in [0.3, 0.4) is 0 Å². The molecule has 0 radical (unpaired) electrons. The summed E-state index contributed by atoms with van der Waals surface area (Å²) >= 11 is 0. The van der Waals surface area contributed by atoms with Gasteiger partial charge in [-0.15, -0.1) is 0 Å². The Labute approximate surface area is 265 Å². The minimum absolute atomic E-state index is 0.807. The average molecular weight is 589 g/mol. The molecule has 0 aliphatic heterocycles. The van der Waals surface area contributed by atoms with Gasteiger partial charge in [-0.2, -0.15) is 0 Å². The van der Waals surface area contributed by atoms with Crippen LogP contribution in [0.15, 0.2) is 176 Å². The van der Waals surface area contributed by atoms with Gasteiger partial charge >= 0.3 is 0 Å². The van der Waals surface area contributed by atoms with Gasteiger partial charge in [-0.25, -0.2) is 0 Å². The van der Waals surface area contributed by atoms with Gasteiger partial charge in [0.05, 0.1) is 0 Å². The highest BCUT2D eigenvalue weighted by Gasteiger charge is 2.32. The Hall–Kier alpha value is -5.29. The number of benzene rings is 8. The van der Waals surface area contributed by atoms with Gasteiger partial charge in [0.25, 0.3) is 0 Å². The van der Waals surface area contributed by atoms with Crippen molar-refractivity contribution in [2.24, 2.45) is 0 Å². The summed E-state index contributed by atoms with van der Waals surface area (Å²) in [6.07, 6.45) is 0. The Morgan fingerprint density at radius 1 is 0.311 bits per heavy atom. The van der Waals surface area contributed by atoms with Crippen LogP contribution in [0.1, 0.15) is 0 Å². The lowest BCUT2D eigenvalue weighted by molar-refractivity contribution is 1.63. The van der Waals surface area contributed by atoms with E-state index in [1.807, 2.05) is 0 Å². The predicted octanol–water partition coefficient (Wildman–Crippen LogP) is 10.7. The molecule has 0 amide bonds. The Morgan fingerprint density at radius 2 is 0.778 bits per heavy atom. The molecule has 0 N–H and O–H groups in total. The summed E-state index contributed by atoms with van der Waals surface area (Å²) in [4.78, 5) is 0. The Kier molecular flexibility index (Phi) is 6.22. The number of fused-ring (bicyclic) bond motifs is 4. The van der Waals surface area contributed by atoms with Crippen molar-refractivity contribution in [2.75, 3.05) is 0 Å². The van der Waals surface area contributed by atoms with Crippen LogP contribution < -0.4 is 15.9 Å². The predicted molar refractivity (Wildman–Crippen MR) is 195 cm³/mol. The zero-order valence-corrected chi connectivity index (χ0v) is 25.6. The van der Waals surface area contributed by atoms with E-state index in [9.17, 15) is 0 Å². The minimum Gasteiger partial charge on any atom is -0.0622 e. The molecule has 0 atom stereocenters. The van der Waals surface area contributed by atoms with Crippen LogP contribution in [0.4, 0.5) is 0 Å². The summed E-state index contributed by atoms with van der Waals surface area (Å²) in [5, 5.41) is 9.34. The molecule has 0 unspecified atom stereocenters. The lowest BCUT2D eigenvalue weighted by Crippen LogP contribution is -2.22. The van der Waals surface area contributed by atoms with Gasteiger partial charge in [-0.05, 0) is 89.9 Å². The largest absolute Gasteiger partial charge is 0.0622 e. The van der Waals surface area contributed by atoms with E-state index in [1.54, 1.807) is 0 Å². The van der Waals surface area contributed by atoms with E-state index in [2.05, 4.69) is 176 Å². The zero-order valence-electron chi connectivity index (χ0n) is 24.7. The van der Waals surface area contributed by atoms with Crippen molar-refractivity contribution in [2.45, 2.75) is 0 Å². The summed E-state index contributed by atoms with van der Waals surface area (Å²) < 4.78 is 0. The van der Waals surface area contributed by atoms with Crippen LogP contribution in [0.25, 0.3) is 66.1 Å². The molecule has 0 bridgehead atoms. The van der Waals surface area contributed by atoms with Crippen molar-refractivity contribution in [1.82, 2.24) is 0 Å². The van der Waals surface area contributed by atoms with Crippen LogP contribution in [0.2, 0.25) is 0 Å². The topological polar surface area (TPSA) is 0 Å².